The van der Waals surface area contributed by atoms with Gasteiger partial charge >= 0.3 is 0 Å². The Hall–Kier alpha value is -0.940. The van der Waals surface area contributed by atoms with Crippen LogP contribution in [0.2, 0.25) is 0 Å². The van der Waals surface area contributed by atoms with Gasteiger partial charge in [0.2, 0.25) is 5.91 Å². The smallest absolute Gasteiger partial charge is 0.229 e. The number of rotatable bonds is 3. The summed E-state index contributed by atoms with van der Waals surface area (Å²) in [6, 6.07) is 0.159. The summed E-state index contributed by atoms with van der Waals surface area (Å²) < 4.78 is 5.55. The Morgan fingerprint density at radius 1 is 1.58 bits per heavy atom. The second-order valence-electron chi connectivity index (χ2n) is 5.55. The van der Waals surface area contributed by atoms with Gasteiger partial charge in [0.15, 0.2) is 0 Å². The number of ether oxygens (including phenoxy) is 1. The van der Waals surface area contributed by atoms with E-state index in [-0.39, 0.29) is 18.1 Å². The number of aromatic nitrogens is 1. The first kappa shape index (κ1) is 14.5. The zero-order valence-corrected chi connectivity index (χ0v) is 12.9. The fourth-order valence-electron chi connectivity index (χ4n) is 2.18. The van der Waals surface area contributed by atoms with Gasteiger partial charge in [-0.2, -0.15) is 0 Å². The Balaban J connectivity index is 1.99. The molecule has 0 bridgehead atoms. The standard InChI is InChI=1S/C14H22N2O2S/c1-9(2)14-15-12(8-19-14)5-13(17)16-6-11(4)18-7-10(16)3/h8-11H,5-7H2,1-4H3/t10-,11-/m0/s1. The van der Waals surface area contributed by atoms with Crippen LogP contribution in [0.3, 0.4) is 0 Å². The van der Waals surface area contributed by atoms with Crippen molar-refractivity contribution in [3.63, 3.8) is 0 Å². The van der Waals surface area contributed by atoms with E-state index in [1.54, 1.807) is 11.3 Å². The third kappa shape index (κ3) is 3.54. The van der Waals surface area contributed by atoms with Crippen molar-refractivity contribution in [2.24, 2.45) is 0 Å². The lowest BCUT2D eigenvalue weighted by atomic mass is 10.1. The van der Waals surface area contributed by atoms with Gasteiger partial charge in [0, 0.05) is 17.8 Å². The van der Waals surface area contributed by atoms with Gasteiger partial charge in [-0.15, -0.1) is 11.3 Å². The van der Waals surface area contributed by atoms with E-state index in [1.165, 1.54) is 0 Å². The van der Waals surface area contributed by atoms with E-state index in [0.29, 0.717) is 25.5 Å². The zero-order chi connectivity index (χ0) is 14.0. The number of morpholine rings is 1. The fraction of sp³-hybridized carbons (Fsp3) is 0.714. The molecule has 0 N–H and O–H groups in total. The van der Waals surface area contributed by atoms with Crippen molar-refractivity contribution >= 4 is 17.2 Å². The van der Waals surface area contributed by atoms with Crippen LogP contribution in [0.25, 0.3) is 0 Å². The van der Waals surface area contributed by atoms with Crippen LogP contribution in [0.15, 0.2) is 5.38 Å². The minimum absolute atomic E-state index is 0.127. The maximum absolute atomic E-state index is 12.3. The first-order chi connectivity index (χ1) is 8.97. The third-order valence-corrected chi connectivity index (χ3v) is 4.52. The molecule has 2 heterocycles. The molecule has 1 aromatic rings. The van der Waals surface area contributed by atoms with Crippen molar-refractivity contribution in [1.82, 2.24) is 9.88 Å². The predicted octanol–water partition coefficient (Wildman–Crippen LogP) is 2.44. The molecule has 19 heavy (non-hydrogen) atoms. The summed E-state index contributed by atoms with van der Waals surface area (Å²) in [4.78, 5) is 18.8. The van der Waals surface area contributed by atoms with Gasteiger partial charge in [0.25, 0.3) is 0 Å². The monoisotopic (exact) mass is 282 g/mol. The lowest BCUT2D eigenvalue weighted by Gasteiger charge is -2.36. The van der Waals surface area contributed by atoms with Crippen LogP contribution in [0.1, 0.15) is 44.3 Å². The molecule has 0 aliphatic carbocycles. The molecule has 0 unspecified atom stereocenters. The maximum atomic E-state index is 12.3. The van der Waals surface area contributed by atoms with E-state index in [2.05, 4.69) is 18.8 Å². The van der Waals surface area contributed by atoms with E-state index in [9.17, 15) is 4.79 Å². The first-order valence-corrected chi connectivity index (χ1v) is 7.70. The van der Waals surface area contributed by atoms with Gasteiger partial charge in [-0.3, -0.25) is 4.79 Å². The summed E-state index contributed by atoms with van der Waals surface area (Å²) in [7, 11) is 0. The van der Waals surface area contributed by atoms with Gasteiger partial charge < -0.3 is 9.64 Å². The van der Waals surface area contributed by atoms with E-state index in [4.69, 9.17) is 4.74 Å². The second kappa shape index (κ2) is 6.01. The Labute approximate surface area is 118 Å². The third-order valence-electron chi connectivity index (χ3n) is 3.32. The van der Waals surface area contributed by atoms with E-state index in [1.807, 2.05) is 24.1 Å². The van der Waals surface area contributed by atoms with Crippen molar-refractivity contribution in [2.75, 3.05) is 13.2 Å². The summed E-state index contributed by atoms with van der Waals surface area (Å²) in [5.41, 5.74) is 0.894. The van der Waals surface area contributed by atoms with Gasteiger partial charge in [0.05, 0.1) is 35.9 Å². The number of hydrogen-bond acceptors (Lipinski definition) is 4. The Bertz CT molecular complexity index is 444. The molecule has 2 rings (SSSR count). The molecule has 0 aromatic carbocycles. The van der Waals surface area contributed by atoms with E-state index in [0.717, 1.165) is 10.7 Å². The number of nitrogens with zero attached hydrogens (tertiary/aromatic N) is 2. The Morgan fingerprint density at radius 3 is 2.95 bits per heavy atom. The predicted molar refractivity (Wildman–Crippen MR) is 76.5 cm³/mol. The van der Waals surface area contributed by atoms with Crippen LogP contribution >= 0.6 is 11.3 Å². The molecule has 106 valence electrons. The van der Waals surface area contributed by atoms with E-state index < -0.39 is 0 Å². The molecular weight excluding hydrogens is 260 g/mol. The molecule has 0 radical (unpaired) electrons. The van der Waals surface area contributed by atoms with Crippen LogP contribution in [0, 0.1) is 0 Å². The number of thiazole rings is 1. The fourth-order valence-corrected chi connectivity index (χ4v) is 3.01. The average molecular weight is 282 g/mol. The molecule has 1 aliphatic heterocycles. The molecule has 0 spiro atoms. The summed E-state index contributed by atoms with van der Waals surface area (Å²) in [5, 5.41) is 3.10. The highest BCUT2D eigenvalue weighted by Gasteiger charge is 2.27. The van der Waals surface area contributed by atoms with Crippen molar-refractivity contribution < 1.29 is 9.53 Å². The SMILES string of the molecule is CC(C)c1nc(CC(=O)N2C[C@H](C)OC[C@@H]2C)cs1. The maximum Gasteiger partial charge on any atom is 0.229 e. The highest BCUT2D eigenvalue weighted by atomic mass is 32.1. The lowest BCUT2D eigenvalue weighted by molar-refractivity contribution is -0.142. The van der Waals surface area contributed by atoms with Crippen LogP contribution < -0.4 is 0 Å². The first-order valence-electron chi connectivity index (χ1n) is 6.82. The van der Waals surface area contributed by atoms with Crippen molar-refractivity contribution in [1.29, 1.82) is 0 Å². The molecule has 0 saturated carbocycles. The van der Waals surface area contributed by atoms with Gasteiger partial charge in [-0.05, 0) is 13.8 Å². The number of carbonyl (C=O) groups excluding carboxylic acids is 1. The highest BCUT2D eigenvalue weighted by molar-refractivity contribution is 7.09. The Kier molecular flexibility index (Phi) is 4.58. The van der Waals surface area contributed by atoms with Crippen molar-refractivity contribution in [3.05, 3.63) is 16.1 Å². The quantitative estimate of drug-likeness (QED) is 0.855. The van der Waals surface area contributed by atoms with Gasteiger partial charge in [-0.25, -0.2) is 4.98 Å². The van der Waals surface area contributed by atoms with Crippen LogP contribution in [-0.2, 0) is 16.0 Å². The van der Waals surface area contributed by atoms with Gasteiger partial charge in [0.1, 0.15) is 0 Å². The molecule has 1 fully saturated rings. The minimum Gasteiger partial charge on any atom is -0.375 e. The summed E-state index contributed by atoms with van der Waals surface area (Å²) in [6.45, 7) is 9.59. The van der Waals surface area contributed by atoms with Crippen molar-refractivity contribution in [2.45, 2.75) is 52.2 Å². The van der Waals surface area contributed by atoms with Crippen LogP contribution in [0.5, 0.6) is 0 Å². The molecule has 2 atom stereocenters. The van der Waals surface area contributed by atoms with Crippen LogP contribution in [0.4, 0.5) is 0 Å². The Morgan fingerprint density at radius 2 is 2.32 bits per heavy atom. The largest absolute Gasteiger partial charge is 0.375 e. The molecule has 1 saturated heterocycles. The summed E-state index contributed by atoms with van der Waals surface area (Å²) in [6.07, 6.45) is 0.530. The van der Waals surface area contributed by atoms with Crippen molar-refractivity contribution in [3.8, 4) is 0 Å². The normalized spacial score (nSPS) is 23.9. The average Bonchev–Trinajstić information content (AvgIpc) is 2.80. The molecule has 5 heteroatoms. The number of carbonyl (C=O) groups is 1. The molecule has 1 aromatic heterocycles. The number of amides is 1. The van der Waals surface area contributed by atoms with Gasteiger partial charge in [-0.1, -0.05) is 13.8 Å². The molecule has 1 amide bonds. The zero-order valence-electron chi connectivity index (χ0n) is 12.0. The summed E-state index contributed by atoms with van der Waals surface area (Å²) in [5.74, 6) is 0.583. The lowest BCUT2D eigenvalue weighted by Crippen LogP contribution is -2.50. The number of hydrogen-bond donors (Lipinski definition) is 0. The summed E-state index contributed by atoms with van der Waals surface area (Å²) >= 11 is 1.64. The molecular formula is C14H22N2O2S. The minimum atomic E-state index is 0.127. The molecule has 4 nitrogen and oxygen atoms in total. The van der Waals surface area contributed by atoms with Crippen LogP contribution in [-0.4, -0.2) is 41.1 Å². The second-order valence-corrected chi connectivity index (χ2v) is 6.44. The topological polar surface area (TPSA) is 42.4 Å². The molecule has 1 aliphatic rings. The highest BCUT2D eigenvalue weighted by Crippen LogP contribution is 2.20. The van der Waals surface area contributed by atoms with E-state index >= 15 is 0 Å².